The molecule has 0 spiro atoms. The Labute approximate surface area is 417 Å². The summed E-state index contributed by atoms with van der Waals surface area (Å²) in [6.45, 7) is 15.9. The van der Waals surface area contributed by atoms with Crippen molar-refractivity contribution in [3.8, 4) is 0 Å². The molecule has 0 saturated carbocycles. The van der Waals surface area contributed by atoms with Crippen molar-refractivity contribution in [1.29, 1.82) is 0 Å². The van der Waals surface area contributed by atoms with Crippen LogP contribution >= 0.6 is 36.7 Å². The first-order chi connectivity index (χ1) is 30.7. The SMILES string of the molecule is CCCCCCCCCCCCCC(C)C(=S)[O][Sn]([CH2]CCCCCCC)([O]C(=S)C(C)CCCCCCCCCCCCC)[O]C(=S)C(C)CCCCCCCCCCCCC. The molecule has 3 atom stereocenters. The summed E-state index contributed by atoms with van der Waals surface area (Å²) in [5, 5.41) is 2.02. The van der Waals surface area contributed by atoms with Gasteiger partial charge in [-0.3, -0.25) is 0 Å². The first-order valence-electron chi connectivity index (χ1n) is 28.3. The van der Waals surface area contributed by atoms with E-state index in [1.807, 2.05) is 0 Å². The first-order valence-corrected chi connectivity index (χ1v) is 35.1. The number of hydrogen-bond donors (Lipinski definition) is 0. The number of rotatable bonds is 49. The van der Waals surface area contributed by atoms with Crippen LogP contribution in [0.15, 0.2) is 0 Å². The van der Waals surface area contributed by atoms with Gasteiger partial charge in [0.1, 0.15) is 0 Å². The van der Waals surface area contributed by atoms with Crippen LogP contribution in [0.4, 0.5) is 0 Å². The van der Waals surface area contributed by atoms with Gasteiger partial charge in [-0.15, -0.1) is 0 Å². The Morgan fingerprint density at radius 2 is 0.460 bits per heavy atom. The molecule has 0 aromatic carbocycles. The van der Waals surface area contributed by atoms with Crippen LogP contribution in [-0.2, 0) is 9.22 Å². The molecule has 0 aromatic heterocycles. The average Bonchev–Trinajstić information content (AvgIpc) is 3.27. The molecule has 0 aliphatic rings. The topological polar surface area (TPSA) is 27.7 Å². The molecule has 3 nitrogen and oxygen atoms in total. The van der Waals surface area contributed by atoms with Crippen molar-refractivity contribution in [1.82, 2.24) is 0 Å². The molecule has 3 unspecified atom stereocenters. The minimum Gasteiger partial charge on any atom is -0.0654 e. The summed E-state index contributed by atoms with van der Waals surface area (Å²) < 4.78 is 22.0. The van der Waals surface area contributed by atoms with Crippen molar-refractivity contribution < 1.29 is 9.22 Å². The van der Waals surface area contributed by atoms with Gasteiger partial charge in [-0.1, -0.05) is 78.6 Å². The molecular formula is C56H110O3S3Sn. The zero-order chi connectivity index (χ0) is 46.5. The number of unbranched alkanes of at least 4 members (excludes halogenated alkanes) is 35. The van der Waals surface area contributed by atoms with E-state index in [2.05, 4.69) is 48.5 Å². The standard InChI is InChI=1S/3C16H32OS.C8H17.Sn/c3*1-3-4-5-6-7-8-9-10-11-12-13-14-15(2)16(17)18;1-3-5-7-8-6-4-2;/h3*15H,3-14H2,1-2H3,(H,17,18);1,3-8H2,2H3;/q;;;;+3/p-3. The van der Waals surface area contributed by atoms with Gasteiger partial charge in [0.25, 0.3) is 0 Å². The predicted molar refractivity (Wildman–Crippen MR) is 296 cm³/mol. The summed E-state index contributed by atoms with van der Waals surface area (Å²) in [5.41, 5.74) is 0. The van der Waals surface area contributed by atoms with Crippen LogP contribution in [0.5, 0.6) is 0 Å². The third kappa shape index (κ3) is 40.1. The average molecular weight is 1050 g/mol. The summed E-state index contributed by atoms with van der Waals surface area (Å²) in [4.78, 5) is 0. The molecule has 0 bridgehead atoms. The molecule has 0 fully saturated rings. The summed E-state index contributed by atoms with van der Waals surface area (Å²) >= 11 is 14.1. The Bertz CT molecular complexity index is 912. The zero-order valence-corrected chi connectivity index (χ0v) is 48.9. The second-order valence-electron chi connectivity index (χ2n) is 20.1. The molecule has 7 heteroatoms. The van der Waals surface area contributed by atoms with Crippen LogP contribution in [0, 0.1) is 17.8 Å². The van der Waals surface area contributed by atoms with Gasteiger partial charge in [-0.2, -0.15) is 0 Å². The van der Waals surface area contributed by atoms with Gasteiger partial charge in [0.05, 0.1) is 0 Å². The quantitative estimate of drug-likeness (QED) is 0.0342. The van der Waals surface area contributed by atoms with Gasteiger partial charge in [0, 0.05) is 0 Å². The second-order valence-corrected chi connectivity index (χ2v) is 28.4. The van der Waals surface area contributed by atoms with E-state index in [9.17, 15) is 0 Å². The van der Waals surface area contributed by atoms with Crippen molar-refractivity contribution in [2.45, 2.75) is 323 Å². The molecule has 0 saturated heterocycles. The van der Waals surface area contributed by atoms with Crippen molar-refractivity contribution >= 4 is 71.4 Å². The fourth-order valence-electron chi connectivity index (χ4n) is 8.80. The number of thiocarbonyl (C=S) groups is 3. The Hall–Kier alpha value is 0.469. The third-order valence-corrected chi connectivity index (χ3v) is 23.6. The molecule has 0 rings (SSSR count). The molecule has 0 heterocycles. The Morgan fingerprint density at radius 1 is 0.286 bits per heavy atom. The molecule has 63 heavy (non-hydrogen) atoms. The summed E-state index contributed by atoms with van der Waals surface area (Å²) in [6.07, 6.45) is 54.9. The predicted octanol–water partition coefficient (Wildman–Crippen LogP) is 21.3. The van der Waals surface area contributed by atoms with Crippen molar-refractivity contribution in [2.75, 3.05) is 0 Å². The van der Waals surface area contributed by atoms with E-state index in [4.69, 9.17) is 45.9 Å². The third-order valence-electron chi connectivity index (χ3n) is 13.5. The maximum atomic E-state index is 7.06. The zero-order valence-electron chi connectivity index (χ0n) is 43.6. The normalized spacial score (nSPS) is 14.0. The Balaban J connectivity index is 5.55. The second kappa shape index (κ2) is 47.5. The molecular weight excluding hydrogens is 936 g/mol. The van der Waals surface area contributed by atoms with Gasteiger partial charge in [0.2, 0.25) is 0 Å². The van der Waals surface area contributed by atoms with E-state index >= 15 is 0 Å². The summed E-state index contributed by atoms with van der Waals surface area (Å²) in [5.74, 6) is 0.531. The molecule has 0 N–H and O–H groups in total. The molecule has 374 valence electrons. The first kappa shape index (κ1) is 63.5. The fourth-order valence-corrected chi connectivity index (χ4v) is 19.2. The molecule has 0 aliphatic heterocycles. The van der Waals surface area contributed by atoms with Crippen LogP contribution in [0.3, 0.4) is 0 Å². The maximum absolute atomic E-state index is 7.06. The van der Waals surface area contributed by atoms with Gasteiger partial charge >= 0.3 is 342 Å². The van der Waals surface area contributed by atoms with E-state index in [1.165, 1.54) is 238 Å². The Morgan fingerprint density at radius 3 is 0.667 bits per heavy atom. The molecule has 0 aliphatic carbocycles. The monoisotopic (exact) mass is 1050 g/mol. The van der Waals surface area contributed by atoms with Crippen LogP contribution in [-0.4, -0.2) is 34.8 Å². The number of hydrogen-bond acceptors (Lipinski definition) is 6. The van der Waals surface area contributed by atoms with Gasteiger partial charge in [0.15, 0.2) is 0 Å². The molecule has 0 aromatic rings. The summed E-state index contributed by atoms with van der Waals surface area (Å²) in [6, 6.07) is 0. The van der Waals surface area contributed by atoms with Crippen LogP contribution in [0.1, 0.15) is 318 Å². The van der Waals surface area contributed by atoms with E-state index in [0.717, 1.165) is 36.5 Å². The van der Waals surface area contributed by atoms with Crippen molar-refractivity contribution in [3.05, 3.63) is 0 Å². The van der Waals surface area contributed by atoms with Gasteiger partial charge in [-0.05, 0) is 0 Å². The van der Waals surface area contributed by atoms with Crippen LogP contribution < -0.4 is 0 Å². The van der Waals surface area contributed by atoms with E-state index < -0.39 is 19.6 Å². The Kier molecular flexibility index (Phi) is 47.9. The summed E-state index contributed by atoms with van der Waals surface area (Å²) in [7, 11) is 0. The van der Waals surface area contributed by atoms with Crippen molar-refractivity contribution in [2.24, 2.45) is 17.8 Å². The van der Waals surface area contributed by atoms with Crippen LogP contribution in [0.2, 0.25) is 4.44 Å². The van der Waals surface area contributed by atoms with E-state index in [1.54, 1.807) is 0 Å². The van der Waals surface area contributed by atoms with Gasteiger partial charge in [-0.25, -0.2) is 0 Å². The van der Waals surface area contributed by atoms with Crippen molar-refractivity contribution in [3.63, 3.8) is 0 Å². The molecule has 0 radical (unpaired) electrons. The minimum atomic E-state index is -4.44. The van der Waals surface area contributed by atoms with Gasteiger partial charge < -0.3 is 0 Å². The van der Waals surface area contributed by atoms with E-state index in [0.29, 0.717) is 15.2 Å². The van der Waals surface area contributed by atoms with Crippen LogP contribution in [0.25, 0.3) is 0 Å². The van der Waals surface area contributed by atoms with E-state index in [-0.39, 0.29) is 17.8 Å². The smallest absolute Gasteiger partial charge is 0.0654 e. The fraction of sp³-hybridized carbons (Fsp3) is 0.946. The minimum absolute atomic E-state index is 0.177. The molecule has 0 amide bonds.